The summed E-state index contributed by atoms with van der Waals surface area (Å²) in [6.45, 7) is 2.34. The highest BCUT2D eigenvalue weighted by Gasteiger charge is 2.28. The summed E-state index contributed by atoms with van der Waals surface area (Å²) in [4.78, 5) is 22.9. The molecule has 1 amide bonds. The fraction of sp³-hybridized carbons (Fsp3) is 0.533. The van der Waals surface area contributed by atoms with E-state index in [0.29, 0.717) is 6.54 Å². The molecule has 1 aromatic carbocycles. The molecule has 2 atom stereocenters. The van der Waals surface area contributed by atoms with Crippen LogP contribution in [0.5, 0.6) is 0 Å². The van der Waals surface area contributed by atoms with Crippen LogP contribution in [-0.4, -0.2) is 23.4 Å². The van der Waals surface area contributed by atoms with E-state index in [0.717, 1.165) is 31.2 Å². The van der Waals surface area contributed by atoms with Crippen molar-refractivity contribution < 1.29 is 9.72 Å². The Balaban J connectivity index is 2.19. The van der Waals surface area contributed by atoms with E-state index in [9.17, 15) is 14.9 Å². The Labute approximate surface area is 123 Å². The zero-order chi connectivity index (χ0) is 15.4. The molecule has 0 aromatic heterocycles. The molecule has 2 unspecified atom stereocenters. The van der Waals surface area contributed by atoms with Crippen LogP contribution in [0.3, 0.4) is 0 Å². The Bertz CT molecular complexity index is 545. The van der Waals surface area contributed by atoms with Gasteiger partial charge in [0.15, 0.2) is 0 Å². The lowest BCUT2D eigenvalue weighted by Gasteiger charge is -2.31. The van der Waals surface area contributed by atoms with E-state index in [4.69, 9.17) is 5.73 Å². The third-order valence-electron chi connectivity index (χ3n) is 4.12. The van der Waals surface area contributed by atoms with Gasteiger partial charge >= 0.3 is 0 Å². The number of nitrogens with two attached hydrogens (primary N) is 1. The summed E-state index contributed by atoms with van der Waals surface area (Å²) in [6, 6.07) is 4.59. The van der Waals surface area contributed by atoms with Crippen LogP contribution in [0.15, 0.2) is 18.2 Å². The fourth-order valence-corrected chi connectivity index (χ4v) is 2.92. The number of nitro groups is 1. The lowest BCUT2D eigenvalue weighted by atomic mass is 9.84. The first kappa shape index (κ1) is 15.4. The maximum absolute atomic E-state index is 12.4. The number of rotatable bonds is 4. The molecule has 0 radical (unpaired) electrons. The highest BCUT2D eigenvalue weighted by molar-refractivity contribution is 5.98. The zero-order valence-electron chi connectivity index (χ0n) is 12.2. The summed E-state index contributed by atoms with van der Waals surface area (Å²) in [5.41, 5.74) is 6.55. The van der Waals surface area contributed by atoms with Crippen molar-refractivity contribution >= 4 is 11.6 Å². The van der Waals surface area contributed by atoms with Gasteiger partial charge in [0, 0.05) is 12.1 Å². The molecule has 0 spiro atoms. The standard InChI is InChI=1S/C15H21N3O3/c1-10-6-7-14(18(20)21)12(8-10)15(19)17-13-5-3-2-4-11(13)9-16/h6-8,11,13H,2-5,9,16H2,1H3,(H,17,19). The van der Waals surface area contributed by atoms with E-state index in [-0.39, 0.29) is 29.1 Å². The number of benzene rings is 1. The normalized spacial score (nSPS) is 21.8. The molecular weight excluding hydrogens is 270 g/mol. The second kappa shape index (κ2) is 6.67. The topological polar surface area (TPSA) is 98.3 Å². The van der Waals surface area contributed by atoms with Crippen LogP contribution in [0.25, 0.3) is 0 Å². The van der Waals surface area contributed by atoms with Gasteiger partial charge in [0.25, 0.3) is 11.6 Å². The first-order valence-electron chi connectivity index (χ1n) is 7.29. The molecular formula is C15H21N3O3. The molecule has 6 nitrogen and oxygen atoms in total. The summed E-state index contributed by atoms with van der Waals surface area (Å²) in [7, 11) is 0. The van der Waals surface area contributed by atoms with Crippen LogP contribution in [0.4, 0.5) is 5.69 Å². The molecule has 6 heteroatoms. The Kier molecular flexibility index (Phi) is 4.90. The van der Waals surface area contributed by atoms with Gasteiger partial charge in [-0.15, -0.1) is 0 Å². The summed E-state index contributed by atoms with van der Waals surface area (Å²) < 4.78 is 0. The summed E-state index contributed by atoms with van der Waals surface area (Å²) in [5, 5.41) is 14.0. The van der Waals surface area contributed by atoms with Gasteiger partial charge in [0.1, 0.15) is 5.56 Å². The minimum absolute atomic E-state index is 0.0105. The fourth-order valence-electron chi connectivity index (χ4n) is 2.92. The van der Waals surface area contributed by atoms with Gasteiger partial charge in [-0.3, -0.25) is 14.9 Å². The van der Waals surface area contributed by atoms with Crippen LogP contribution in [0.1, 0.15) is 41.6 Å². The number of hydrogen-bond donors (Lipinski definition) is 2. The lowest BCUT2D eigenvalue weighted by molar-refractivity contribution is -0.385. The van der Waals surface area contributed by atoms with Gasteiger partial charge in [-0.05, 0) is 43.9 Å². The molecule has 0 saturated heterocycles. The van der Waals surface area contributed by atoms with Gasteiger partial charge in [0.05, 0.1) is 4.92 Å². The molecule has 3 N–H and O–H groups in total. The average molecular weight is 291 g/mol. The molecule has 1 aliphatic rings. The smallest absolute Gasteiger partial charge is 0.282 e. The first-order chi connectivity index (χ1) is 10.0. The predicted octanol–water partition coefficient (Wildman–Crippen LogP) is 2.15. The maximum Gasteiger partial charge on any atom is 0.282 e. The number of carbonyl (C=O) groups excluding carboxylic acids is 1. The summed E-state index contributed by atoms with van der Waals surface area (Å²) >= 11 is 0. The van der Waals surface area contributed by atoms with E-state index in [1.807, 2.05) is 6.92 Å². The van der Waals surface area contributed by atoms with Crippen molar-refractivity contribution in [3.63, 3.8) is 0 Å². The highest BCUT2D eigenvalue weighted by Crippen LogP contribution is 2.25. The quantitative estimate of drug-likeness (QED) is 0.656. The van der Waals surface area contributed by atoms with Crippen molar-refractivity contribution in [2.75, 3.05) is 6.54 Å². The Morgan fingerprint density at radius 1 is 1.43 bits per heavy atom. The largest absolute Gasteiger partial charge is 0.349 e. The molecule has 2 rings (SSSR count). The van der Waals surface area contributed by atoms with E-state index in [1.165, 1.54) is 6.07 Å². The van der Waals surface area contributed by atoms with Crippen LogP contribution in [0, 0.1) is 23.0 Å². The number of carbonyl (C=O) groups is 1. The minimum atomic E-state index is -0.518. The van der Waals surface area contributed by atoms with E-state index < -0.39 is 4.92 Å². The number of nitro benzene ring substituents is 1. The molecule has 1 fully saturated rings. The summed E-state index contributed by atoms with van der Waals surface area (Å²) in [6.07, 6.45) is 4.06. The monoisotopic (exact) mass is 291 g/mol. The molecule has 114 valence electrons. The third-order valence-corrected chi connectivity index (χ3v) is 4.12. The maximum atomic E-state index is 12.4. The number of nitrogens with zero attached hydrogens (tertiary/aromatic N) is 1. The molecule has 0 bridgehead atoms. The Morgan fingerprint density at radius 2 is 2.14 bits per heavy atom. The number of aryl methyl sites for hydroxylation is 1. The van der Waals surface area contributed by atoms with Crippen LogP contribution < -0.4 is 11.1 Å². The Morgan fingerprint density at radius 3 is 2.81 bits per heavy atom. The molecule has 0 aliphatic heterocycles. The predicted molar refractivity (Wildman–Crippen MR) is 80.1 cm³/mol. The van der Waals surface area contributed by atoms with E-state index in [2.05, 4.69) is 5.32 Å². The number of nitrogens with one attached hydrogen (secondary N) is 1. The van der Waals surface area contributed by atoms with E-state index in [1.54, 1.807) is 12.1 Å². The van der Waals surface area contributed by atoms with Crippen molar-refractivity contribution in [2.24, 2.45) is 11.7 Å². The van der Waals surface area contributed by atoms with Crippen molar-refractivity contribution in [3.05, 3.63) is 39.4 Å². The molecule has 1 saturated carbocycles. The van der Waals surface area contributed by atoms with Gasteiger partial charge in [-0.2, -0.15) is 0 Å². The zero-order valence-corrected chi connectivity index (χ0v) is 12.2. The highest BCUT2D eigenvalue weighted by atomic mass is 16.6. The van der Waals surface area contributed by atoms with Gasteiger partial charge in [0.2, 0.25) is 0 Å². The van der Waals surface area contributed by atoms with Gasteiger partial charge in [-0.1, -0.05) is 18.9 Å². The number of amides is 1. The second-order valence-electron chi connectivity index (χ2n) is 5.64. The van der Waals surface area contributed by atoms with Crippen molar-refractivity contribution in [1.29, 1.82) is 0 Å². The SMILES string of the molecule is Cc1ccc([N+](=O)[O-])c(C(=O)NC2CCCCC2CN)c1. The van der Waals surface area contributed by atoms with Gasteiger partial charge < -0.3 is 11.1 Å². The lowest BCUT2D eigenvalue weighted by Crippen LogP contribution is -2.44. The minimum Gasteiger partial charge on any atom is -0.349 e. The Hall–Kier alpha value is -1.95. The van der Waals surface area contributed by atoms with Crippen molar-refractivity contribution in [3.8, 4) is 0 Å². The number of hydrogen-bond acceptors (Lipinski definition) is 4. The third kappa shape index (κ3) is 3.58. The van der Waals surface area contributed by atoms with E-state index >= 15 is 0 Å². The second-order valence-corrected chi connectivity index (χ2v) is 5.64. The summed E-state index contributed by atoms with van der Waals surface area (Å²) in [5.74, 6) is -0.123. The first-order valence-corrected chi connectivity index (χ1v) is 7.29. The molecule has 0 heterocycles. The van der Waals surface area contributed by atoms with Crippen molar-refractivity contribution in [2.45, 2.75) is 38.6 Å². The van der Waals surface area contributed by atoms with Gasteiger partial charge in [-0.25, -0.2) is 0 Å². The van der Waals surface area contributed by atoms with Crippen molar-refractivity contribution in [1.82, 2.24) is 5.32 Å². The molecule has 1 aliphatic carbocycles. The molecule has 1 aromatic rings. The van der Waals surface area contributed by atoms with Crippen LogP contribution >= 0.6 is 0 Å². The average Bonchev–Trinajstić information content (AvgIpc) is 2.47. The van der Waals surface area contributed by atoms with Crippen LogP contribution in [0.2, 0.25) is 0 Å². The molecule has 21 heavy (non-hydrogen) atoms. The van der Waals surface area contributed by atoms with Crippen LogP contribution in [-0.2, 0) is 0 Å².